The molecule has 54 valence electrons. The van der Waals surface area contributed by atoms with E-state index in [4.69, 9.17) is 5.21 Å². The second kappa shape index (κ2) is 3.42. The molecule has 0 aliphatic carbocycles. The largest absolute Gasteiger partial charge is 0.301 e. The molecule has 0 aromatic heterocycles. The maximum Gasteiger partial charge on any atom is 0.259 e. The predicted molar refractivity (Wildman–Crippen MR) is 33.1 cm³/mol. The van der Waals surface area contributed by atoms with Gasteiger partial charge >= 0.3 is 0 Å². The van der Waals surface area contributed by atoms with Crippen molar-refractivity contribution in [1.29, 1.82) is 0 Å². The van der Waals surface area contributed by atoms with Crippen LogP contribution in [0.3, 0.4) is 0 Å². The Morgan fingerprint density at radius 2 is 1.89 bits per heavy atom. The zero-order valence-electron chi connectivity index (χ0n) is 5.96. The first-order chi connectivity index (χ1) is 4.04. The summed E-state index contributed by atoms with van der Waals surface area (Å²) in [6.45, 7) is 0.243. The summed E-state index contributed by atoms with van der Waals surface area (Å²) in [5, 5.41) is 9.11. The molecular formula is C5H12N2O2. The Morgan fingerprint density at radius 1 is 1.44 bits per heavy atom. The summed E-state index contributed by atoms with van der Waals surface area (Å²) >= 11 is 0. The van der Waals surface area contributed by atoms with Gasteiger partial charge in [-0.3, -0.25) is 10.0 Å². The molecule has 0 aliphatic rings. The molecule has 0 fully saturated rings. The molecule has 0 saturated heterocycles. The highest BCUT2D eigenvalue weighted by Crippen LogP contribution is 1.79. The van der Waals surface area contributed by atoms with E-state index in [1.54, 1.807) is 19.0 Å². The van der Waals surface area contributed by atoms with E-state index in [2.05, 4.69) is 0 Å². The molecule has 4 heteroatoms. The fraction of sp³-hybridized carbons (Fsp3) is 0.800. The highest BCUT2D eigenvalue weighted by molar-refractivity contribution is 5.76. The first-order valence-electron chi connectivity index (χ1n) is 2.64. The van der Waals surface area contributed by atoms with Crippen molar-refractivity contribution in [3.63, 3.8) is 0 Å². The van der Waals surface area contributed by atoms with Crippen LogP contribution >= 0.6 is 0 Å². The Morgan fingerprint density at radius 3 is 2.00 bits per heavy atom. The number of likely N-dealkylation sites (N-methyl/N-ethyl adjacent to an activating group) is 2. The number of hydrogen-bond donors (Lipinski definition) is 1. The van der Waals surface area contributed by atoms with Crippen molar-refractivity contribution in [2.45, 2.75) is 0 Å². The summed E-state index contributed by atoms with van der Waals surface area (Å²) in [6, 6.07) is 0. The van der Waals surface area contributed by atoms with Crippen LogP contribution in [-0.2, 0) is 4.79 Å². The van der Waals surface area contributed by atoms with Gasteiger partial charge in [-0.05, 0) is 14.1 Å². The van der Waals surface area contributed by atoms with Crippen molar-refractivity contribution >= 4 is 5.91 Å². The van der Waals surface area contributed by atoms with Gasteiger partial charge in [-0.15, -0.1) is 0 Å². The predicted octanol–water partition coefficient (Wildman–Crippen LogP) is -0.604. The first-order valence-corrected chi connectivity index (χ1v) is 2.64. The molecule has 4 nitrogen and oxygen atoms in total. The van der Waals surface area contributed by atoms with E-state index in [1.165, 1.54) is 7.05 Å². The van der Waals surface area contributed by atoms with Crippen LogP contribution in [0, 0.1) is 0 Å². The third kappa shape index (κ3) is 3.93. The van der Waals surface area contributed by atoms with Crippen molar-refractivity contribution in [2.75, 3.05) is 27.7 Å². The van der Waals surface area contributed by atoms with Crippen molar-refractivity contribution < 1.29 is 10.0 Å². The molecule has 0 spiro atoms. The zero-order chi connectivity index (χ0) is 7.44. The number of carbonyl (C=O) groups excluding carboxylic acids is 1. The van der Waals surface area contributed by atoms with Gasteiger partial charge in [0.15, 0.2) is 0 Å². The quantitative estimate of drug-likeness (QED) is 0.403. The third-order valence-corrected chi connectivity index (χ3v) is 0.812. The van der Waals surface area contributed by atoms with Crippen LogP contribution in [0.25, 0.3) is 0 Å². The van der Waals surface area contributed by atoms with Crippen LogP contribution in [0.4, 0.5) is 0 Å². The van der Waals surface area contributed by atoms with Crippen LogP contribution in [0.1, 0.15) is 0 Å². The molecule has 9 heavy (non-hydrogen) atoms. The van der Waals surface area contributed by atoms with Crippen molar-refractivity contribution in [2.24, 2.45) is 0 Å². The Hall–Kier alpha value is -0.610. The molecule has 0 heterocycles. The molecule has 0 unspecified atom stereocenters. The van der Waals surface area contributed by atoms with E-state index in [0.29, 0.717) is 5.06 Å². The standard InChI is InChI=1S/C5H12N2O2/c1-6(2)4-5(8)7(3)9/h9H,4H2,1-3H3. The lowest BCUT2D eigenvalue weighted by atomic mass is 10.5. The number of nitrogens with zero attached hydrogens (tertiary/aromatic N) is 2. The number of hydroxylamine groups is 2. The molecule has 0 radical (unpaired) electrons. The molecule has 0 saturated carbocycles. The molecule has 0 atom stereocenters. The van der Waals surface area contributed by atoms with Gasteiger partial charge in [0.2, 0.25) is 0 Å². The van der Waals surface area contributed by atoms with Gasteiger partial charge in [0.25, 0.3) is 5.91 Å². The summed E-state index contributed by atoms with van der Waals surface area (Å²) < 4.78 is 0. The molecule has 0 bridgehead atoms. The van der Waals surface area contributed by atoms with Crippen molar-refractivity contribution in [3.05, 3.63) is 0 Å². The number of carbonyl (C=O) groups is 1. The fourth-order valence-electron chi connectivity index (χ4n) is 0.373. The summed E-state index contributed by atoms with van der Waals surface area (Å²) in [4.78, 5) is 12.3. The lowest BCUT2D eigenvalue weighted by molar-refractivity contribution is -0.159. The van der Waals surface area contributed by atoms with Crippen molar-refractivity contribution in [1.82, 2.24) is 9.96 Å². The van der Waals surface area contributed by atoms with E-state index in [-0.39, 0.29) is 12.5 Å². The molecule has 1 amide bonds. The van der Waals surface area contributed by atoms with Gasteiger partial charge < -0.3 is 4.90 Å². The van der Waals surface area contributed by atoms with E-state index < -0.39 is 0 Å². The van der Waals surface area contributed by atoms with E-state index in [0.717, 1.165) is 0 Å². The molecule has 0 aromatic rings. The number of amides is 1. The van der Waals surface area contributed by atoms with Gasteiger partial charge in [-0.2, -0.15) is 0 Å². The van der Waals surface area contributed by atoms with Gasteiger partial charge in [0.05, 0.1) is 6.54 Å². The normalized spacial score (nSPS) is 9.89. The Labute approximate surface area is 54.6 Å². The van der Waals surface area contributed by atoms with Crippen LogP contribution in [-0.4, -0.2) is 48.8 Å². The fourth-order valence-corrected chi connectivity index (χ4v) is 0.373. The van der Waals surface area contributed by atoms with Crippen molar-refractivity contribution in [3.8, 4) is 0 Å². The SMILES string of the molecule is CN(C)CC(=O)N(C)O. The first kappa shape index (κ1) is 8.39. The molecule has 0 aromatic carbocycles. The summed E-state index contributed by atoms with van der Waals surface area (Å²) in [5.74, 6) is -0.306. The molecule has 0 rings (SSSR count). The summed E-state index contributed by atoms with van der Waals surface area (Å²) in [7, 11) is 4.84. The average Bonchev–Trinajstić information content (AvgIpc) is 1.63. The van der Waals surface area contributed by atoms with E-state index >= 15 is 0 Å². The average molecular weight is 132 g/mol. The minimum absolute atomic E-state index is 0.243. The topological polar surface area (TPSA) is 43.8 Å². The third-order valence-electron chi connectivity index (χ3n) is 0.812. The van der Waals surface area contributed by atoms with Crippen LogP contribution in [0.2, 0.25) is 0 Å². The highest BCUT2D eigenvalue weighted by atomic mass is 16.5. The van der Waals surface area contributed by atoms with Crippen LogP contribution in [0.15, 0.2) is 0 Å². The Bertz CT molecular complexity index is 101. The van der Waals surface area contributed by atoms with Gasteiger partial charge in [0.1, 0.15) is 0 Å². The molecule has 0 aliphatic heterocycles. The lowest BCUT2D eigenvalue weighted by Crippen LogP contribution is -2.32. The van der Waals surface area contributed by atoms with Gasteiger partial charge in [-0.25, -0.2) is 5.06 Å². The maximum atomic E-state index is 10.6. The summed E-state index contributed by atoms with van der Waals surface area (Å²) in [5.41, 5.74) is 0. The van der Waals surface area contributed by atoms with Gasteiger partial charge in [0, 0.05) is 7.05 Å². The Balaban J connectivity index is 3.51. The lowest BCUT2D eigenvalue weighted by Gasteiger charge is -2.11. The molecular weight excluding hydrogens is 120 g/mol. The minimum Gasteiger partial charge on any atom is -0.301 e. The Kier molecular flexibility index (Phi) is 3.19. The molecule has 1 N–H and O–H groups in total. The number of rotatable bonds is 2. The minimum atomic E-state index is -0.306. The maximum absolute atomic E-state index is 10.6. The smallest absolute Gasteiger partial charge is 0.259 e. The second-order valence-corrected chi connectivity index (χ2v) is 2.16. The van der Waals surface area contributed by atoms with Crippen LogP contribution < -0.4 is 0 Å². The monoisotopic (exact) mass is 132 g/mol. The van der Waals surface area contributed by atoms with E-state index in [9.17, 15) is 4.79 Å². The second-order valence-electron chi connectivity index (χ2n) is 2.16. The van der Waals surface area contributed by atoms with Gasteiger partial charge in [-0.1, -0.05) is 0 Å². The van der Waals surface area contributed by atoms with Crippen LogP contribution in [0.5, 0.6) is 0 Å². The summed E-state index contributed by atoms with van der Waals surface area (Å²) in [6.07, 6.45) is 0. The highest BCUT2D eigenvalue weighted by Gasteiger charge is 2.04. The number of hydrogen-bond acceptors (Lipinski definition) is 3. The zero-order valence-corrected chi connectivity index (χ0v) is 5.96. The van der Waals surface area contributed by atoms with E-state index in [1.807, 2.05) is 0 Å².